The first-order valence-corrected chi connectivity index (χ1v) is 12.0. The molecule has 3 aromatic carbocycles. The van der Waals surface area contributed by atoms with E-state index < -0.39 is 20.0 Å². The molecule has 0 radical (unpaired) electrons. The zero-order valence-electron chi connectivity index (χ0n) is 17.3. The number of rotatable bonds is 9. The first-order chi connectivity index (χ1) is 15.1. The minimum absolute atomic E-state index is 0.150. The molecule has 1 unspecified atom stereocenters. The molecule has 32 heavy (non-hydrogen) atoms. The minimum atomic E-state index is -4.32. The van der Waals surface area contributed by atoms with Gasteiger partial charge in [0.1, 0.15) is 6.23 Å². The van der Waals surface area contributed by atoms with E-state index in [-0.39, 0.29) is 12.3 Å². The first-order valence-electron chi connectivity index (χ1n) is 9.85. The third-order valence-corrected chi connectivity index (χ3v) is 5.97. The van der Waals surface area contributed by atoms with E-state index in [0.717, 1.165) is 16.8 Å². The molecule has 0 fully saturated rings. The number of carbonyl (C=O) groups is 1. The van der Waals surface area contributed by atoms with Crippen molar-refractivity contribution >= 4 is 36.4 Å². The zero-order chi connectivity index (χ0) is 23.3. The summed E-state index contributed by atoms with van der Waals surface area (Å²) in [4.78, 5) is 30.8. The van der Waals surface area contributed by atoms with Gasteiger partial charge in [-0.25, -0.2) is 0 Å². The van der Waals surface area contributed by atoms with Crippen molar-refractivity contribution < 1.29 is 24.3 Å². The molecule has 0 saturated carbocycles. The number of para-hydroxylation sites is 1. The fourth-order valence-electron chi connectivity index (χ4n) is 3.22. The Morgan fingerprint density at radius 2 is 1.72 bits per heavy atom. The predicted octanol–water partition coefficient (Wildman–Crippen LogP) is 4.21. The van der Waals surface area contributed by atoms with Gasteiger partial charge in [0.15, 0.2) is 5.78 Å². The molecule has 0 aliphatic carbocycles. The summed E-state index contributed by atoms with van der Waals surface area (Å²) in [7, 11) is -4.32. The molecule has 5 N–H and O–H groups in total. The van der Waals surface area contributed by atoms with E-state index in [1.165, 1.54) is 0 Å². The number of aryl methyl sites for hydroxylation is 1. The van der Waals surface area contributed by atoms with Crippen LogP contribution in [-0.4, -0.2) is 33.1 Å². The van der Waals surface area contributed by atoms with Crippen LogP contribution >= 0.6 is 19.2 Å². The molecular weight excluding hydrogens is 451 g/mol. The number of hydrogen-bond acceptors (Lipinski definition) is 5. The molecule has 0 heterocycles. The van der Waals surface area contributed by atoms with E-state index in [2.05, 4.69) is 10.6 Å². The average molecular weight is 475 g/mol. The molecule has 0 amide bonds. The molecule has 0 spiro atoms. The second kappa shape index (κ2) is 10.4. The van der Waals surface area contributed by atoms with E-state index in [1.807, 2.05) is 49.4 Å². The summed E-state index contributed by atoms with van der Waals surface area (Å²) >= 11 is 6.42. The quantitative estimate of drug-likeness (QED) is 0.179. The molecule has 3 aromatic rings. The molecular formula is C23H24ClN2O5P. The number of ketones is 1. The van der Waals surface area contributed by atoms with Crippen LogP contribution in [0.5, 0.6) is 0 Å². The lowest BCUT2D eigenvalue weighted by molar-refractivity contribution is 0.103. The van der Waals surface area contributed by atoms with Crippen LogP contribution in [0, 0.1) is 6.92 Å². The van der Waals surface area contributed by atoms with Gasteiger partial charge in [-0.3, -0.25) is 14.7 Å². The van der Waals surface area contributed by atoms with Crippen molar-refractivity contribution in [3.05, 3.63) is 94.0 Å². The Kier molecular flexibility index (Phi) is 7.85. The Hall–Kier alpha value is -2.51. The van der Waals surface area contributed by atoms with Crippen molar-refractivity contribution in [2.75, 3.05) is 11.5 Å². The van der Waals surface area contributed by atoms with Crippen LogP contribution < -0.4 is 10.6 Å². The smallest absolute Gasteiger partial charge is 0.329 e. The molecule has 7 nitrogen and oxygen atoms in total. The van der Waals surface area contributed by atoms with Gasteiger partial charge in [0.2, 0.25) is 0 Å². The lowest BCUT2D eigenvalue weighted by atomic mass is 9.99. The van der Waals surface area contributed by atoms with Crippen molar-refractivity contribution in [1.29, 1.82) is 0 Å². The van der Waals surface area contributed by atoms with Crippen molar-refractivity contribution in [3.8, 4) is 0 Å². The van der Waals surface area contributed by atoms with E-state index in [1.54, 1.807) is 24.3 Å². The molecule has 0 aliphatic heterocycles. The predicted molar refractivity (Wildman–Crippen MR) is 126 cm³/mol. The van der Waals surface area contributed by atoms with E-state index in [4.69, 9.17) is 21.4 Å². The largest absolute Gasteiger partial charge is 0.378 e. The SMILES string of the molecule is Cc1ccccc1C(=O)c1ccc(Nc2ccccc2CNC(O)CP(=O)(O)O)cc1Cl. The number of aliphatic hydroxyl groups excluding tert-OH is 1. The standard InChI is InChI=1S/C23H24ClN2O5P/c1-15-6-2-4-8-18(15)23(28)19-11-10-17(12-20(19)24)26-21-9-5-3-7-16(21)13-25-22(27)14-32(29,30)31/h2-12,22,25-27H,13-14H2,1H3,(H2,29,30,31). The Labute approximate surface area is 191 Å². The van der Waals surface area contributed by atoms with E-state index in [0.29, 0.717) is 21.8 Å². The maximum absolute atomic E-state index is 12.9. The number of halogens is 1. The summed E-state index contributed by atoms with van der Waals surface area (Å²) in [5, 5.41) is 16.0. The zero-order valence-corrected chi connectivity index (χ0v) is 19.0. The van der Waals surface area contributed by atoms with Gasteiger partial charge in [-0.05, 0) is 42.3 Å². The van der Waals surface area contributed by atoms with Gasteiger partial charge >= 0.3 is 7.60 Å². The second-order valence-electron chi connectivity index (χ2n) is 7.36. The molecule has 1 atom stereocenters. The van der Waals surface area contributed by atoms with Gasteiger partial charge in [-0.15, -0.1) is 0 Å². The molecule has 0 saturated heterocycles. The first kappa shape index (κ1) is 24.1. The Bertz CT molecular complexity index is 1160. The summed E-state index contributed by atoms with van der Waals surface area (Å²) in [6, 6.07) is 19.7. The van der Waals surface area contributed by atoms with Gasteiger partial charge in [-0.1, -0.05) is 54.1 Å². The fourth-order valence-corrected chi connectivity index (χ4v) is 4.07. The van der Waals surface area contributed by atoms with Gasteiger partial charge in [0, 0.05) is 29.0 Å². The lowest BCUT2D eigenvalue weighted by Gasteiger charge is -2.17. The van der Waals surface area contributed by atoms with E-state index >= 15 is 0 Å². The maximum Gasteiger partial charge on any atom is 0.329 e. The van der Waals surface area contributed by atoms with Crippen LogP contribution in [0.1, 0.15) is 27.0 Å². The van der Waals surface area contributed by atoms with Crippen molar-refractivity contribution in [1.82, 2.24) is 5.32 Å². The topological polar surface area (TPSA) is 119 Å². The molecule has 0 bridgehead atoms. The van der Waals surface area contributed by atoms with Crippen LogP contribution in [0.25, 0.3) is 0 Å². The van der Waals surface area contributed by atoms with Crippen molar-refractivity contribution in [2.24, 2.45) is 0 Å². The number of carbonyl (C=O) groups excluding carboxylic acids is 1. The molecule has 168 valence electrons. The molecule has 3 rings (SSSR count). The van der Waals surface area contributed by atoms with Crippen molar-refractivity contribution in [2.45, 2.75) is 19.7 Å². The highest BCUT2D eigenvalue weighted by Gasteiger charge is 2.19. The van der Waals surface area contributed by atoms with Crippen molar-refractivity contribution in [3.63, 3.8) is 0 Å². The monoisotopic (exact) mass is 474 g/mol. The third kappa shape index (κ3) is 6.50. The minimum Gasteiger partial charge on any atom is -0.378 e. The summed E-state index contributed by atoms with van der Waals surface area (Å²) in [5.41, 5.74) is 4.03. The Balaban J connectivity index is 1.74. The number of hydrogen-bond donors (Lipinski definition) is 5. The summed E-state index contributed by atoms with van der Waals surface area (Å²) in [5.74, 6) is -0.150. The third-order valence-electron chi connectivity index (χ3n) is 4.84. The maximum atomic E-state index is 12.9. The highest BCUT2D eigenvalue weighted by molar-refractivity contribution is 7.51. The highest BCUT2D eigenvalue weighted by Crippen LogP contribution is 2.34. The average Bonchev–Trinajstić information content (AvgIpc) is 2.72. The van der Waals surface area contributed by atoms with Crippen LogP contribution in [0.3, 0.4) is 0 Å². The van der Waals surface area contributed by atoms with E-state index in [9.17, 15) is 14.5 Å². The lowest BCUT2D eigenvalue weighted by Crippen LogP contribution is -2.31. The summed E-state index contributed by atoms with van der Waals surface area (Å²) < 4.78 is 11.0. The summed E-state index contributed by atoms with van der Waals surface area (Å²) in [6.45, 7) is 2.06. The number of aliphatic hydroxyl groups is 1. The number of anilines is 2. The number of nitrogens with one attached hydrogen (secondary N) is 2. The summed E-state index contributed by atoms with van der Waals surface area (Å²) in [6.07, 6.45) is -2.01. The Morgan fingerprint density at radius 3 is 2.41 bits per heavy atom. The van der Waals surface area contributed by atoms with Gasteiger partial charge < -0.3 is 20.2 Å². The van der Waals surface area contributed by atoms with Crippen LogP contribution in [0.2, 0.25) is 5.02 Å². The van der Waals surface area contributed by atoms with Gasteiger partial charge in [0.05, 0.1) is 11.2 Å². The normalized spacial score (nSPS) is 12.4. The molecule has 0 aliphatic rings. The highest BCUT2D eigenvalue weighted by atomic mass is 35.5. The number of benzene rings is 3. The molecule has 9 heteroatoms. The van der Waals surface area contributed by atoms with Gasteiger partial charge in [0.25, 0.3) is 0 Å². The van der Waals surface area contributed by atoms with Gasteiger partial charge in [-0.2, -0.15) is 0 Å². The Morgan fingerprint density at radius 1 is 1.03 bits per heavy atom. The molecule has 0 aromatic heterocycles. The fraction of sp³-hybridized carbons (Fsp3) is 0.174. The van der Waals surface area contributed by atoms with Crippen LogP contribution in [-0.2, 0) is 11.1 Å². The van der Waals surface area contributed by atoms with Crippen LogP contribution in [0.4, 0.5) is 11.4 Å². The van der Waals surface area contributed by atoms with Crippen LogP contribution in [0.15, 0.2) is 66.7 Å². The second-order valence-corrected chi connectivity index (χ2v) is 9.47.